The molecule has 0 unspecified atom stereocenters. The van der Waals surface area contributed by atoms with Gasteiger partial charge in [-0.1, -0.05) is 60.1 Å². The number of nitrogens with one attached hydrogen (secondary N) is 1. The lowest BCUT2D eigenvalue weighted by atomic mass is 10.2. The Hall–Kier alpha value is -3.20. The molecule has 0 bridgehead atoms. The van der Waals surface area contributed by atoms with Crippen LogP contribution in [0.5, 0.6) is 5.75 Å². The first-order chi connectivity index (χ1) is 14.2. The highest BCUT2D eigenvalue weighted by atomic mass is 35.5. The Morgan fingerprint density at radius 1 is 1.07 bits per heavy atom. The van der Waals surface area contributed by atoms with Gasteiger partial charge in [-0.25, -0.2) is 4.98 Å². The van der Waals surface area contributed by atoms with E-state index in [4.69, 9.17) is 16.3 Å². The van der Waals surface area contributed by atoms with Crippen molar-refractivity contribution in [1.29, 1.82) is 5.26 Å². The molecule has 0 saturated heterocycles. The molecule has 0 aliphatic carbocycles. The molecule has 0 saturated carbocycles. The number of aromatic amines is 1. The molecule has 142 valence electrons. The van der Waals surface area contributed by atoms with Crippen molar-refractivity contribution in [3.05, 3.63) is 93.9 Å². The lowest BCUT2D eigenvalue weighted by Gasteiger charge is -2.10. The molecular formula is C23H16ClN3OS. The van der Waals surface area contributed by atoms with Gasteiger partial charge in [-0.2, -0.15) is 5.26 Å². The number of rotatable bonds is 6. The van der Waals surface area contributed by atoms with Gasteiger partial charge in [-0.05, 0) is 42.1 Å². The maximum Gasteiger partial charge on any atom is 0.171 e. The number of halogens is 1. The van der Waals surface area contributed by atoms with Gasteiger partial charge in [0.2, 0.25) is 0 Å². The normalized spacial score (nSPS) is 11.4. The third-order valence-corrected chi connectivity index (χ3v) is 5.42. The third-order valence-electron chi connectivity index (χ3n) is 4.23. The number of hydrogen-bond acceptors (Lipinski definition) is 4. The Bertz CT molecular complexity index is 1190. The molecule has 0 aliphatic rings. The first-order valence-electron chi connectivity index (χ1n) is 8.92. The van der Waals surface area contributed by atoms with Crippen molar-refractivity contribution in [1.82, 2.24) is 9.97 Å². The summed E-state index contributed by atoms with van der Waals surface area (Å²) >= 11 is 7.50. The van der Waals surface area contributed by atoms with Crippen molar-refractivity contribution >= 4 is 40.5 Å². The van der Waals surface area contributed by atoms with Crippen LogP contribution in [0, 0.1) is 11.3 Å². The molecule has 1 aromatic heterocycles. The fourth-order valence-electron chi connectivity index (χ4n) is 2.81. The van der Waals surface area contributed by atoms with E-state index >= 15 is 0 Å². The second-order valence-corrected chi connectivity index (χ2v) is 7.64. The van der Waals surface area contributed by atoms with Crippen LogP contribution >= 0.6 is 23.4 Å². The number of imidazole rings is 1. The van der Waals surface area contributed by atoms with Gasteiger partial charge < -0.3 is 9.72 Å². The van der Waals surface area contributed by atoms with Gasteiger partial charge in [0.05, 0.1) is 15.9 Å². The summed E-state index contributed by atoms with van der Waals surface area (Å²) in [7, 11) is 0. The van der Waals surface area contributed by atoms with Gasteiger partial charge in [-0.3, -0.25) is 0 Å². The largest absolute Gasteiger partial charge is 0.488 e. The monoisotopic (exact) mass is 417 g/mol. The van der Waals surface area contributed by atoms with E-state index in [0.717, 1.165) is 22.2 Å². The number of allylic oxidation sites excluding steroid dienone is 1. The van der Waals surface area contributed by atoms with E-state index in [9.17, 15) is 5.26 Å². The fourth-order valence-corrected chi connectivity index (χ4v) is 3.74. The molecular weight excluding hydrogens is 402 g/mol. The average molecular weight is 418 g/mol. The molecule has 0 amide bonds. The predicted molar refractivity (Wildman–Crippen MR) is 118 cm³/mol. The van der Waals surface area contributed by atoms with Crippen LogP contribution in [0.4, 0.5) is 0 Å². The van der Waals surface area contributed by atoms with Crippen molar-refractivity contribution in [3.63, 3.8) is 0 Å². The van der Waals surface area contributed by atoms with Crippen molar-refractivity contribution in [3.8, 4) is 11.8 Å². The third kappa shape index (κ3) is 4.62. The molecule has 0 fully saturated rings. The molecule has 4 nitrogen and oxygen atoms in total. The molecule has 0 aliphatic heterocycles. The number of aromatic nitrogens is 2. The highest BCUT2D eigenvalue weighted by molar-refractivity contribution is 8.03. The molecule has 1 heterocycles. The summed E-state index contributed by atoms with van der Waals surface area (Å²) in [5.74, 6) is 0.686. The van der Waals surface area contributed by atoms with Crippen LogP contribution in [0.3, 0.4) is 0 Å². The Morgan fingerprint density at radius 3 is 2.66 bits per heavy atom. The minimum atomic E-state index is 0.350. The zero-order chi connectivity index (χ0) is 20.1. The number of para-hydroxylation sites is 3. The number of benzene rings is 3. The van der Waals surface area contributed by atoms with Gasteiger partial charge in [0.1, 0.15) is 18.4 Å². The lowest BCUT2D eigenvalue weighted by Crippen LogP contribution is -1.97. The number of hydrogen-bond donors (Lipinski definition) is 1. The Labute approximate surface area is 177 Å². The standard InChI is InChI=1S/C23H16ClN3OS/c24-19-9-3-1-8-17(19)15-28-22-12-6-2-7-16(22)13-18(14-25)29-23-26-20-10-4-5-11-21(20)27-23/h1-13H,15H2,(H,26,27)/b18-13-. The van der Waals surface area contributed by atoms with Gasteiger partial charge in [0.25, 0.3) is 0 Å². The van der Waals surface area contributed by atoms with E-state index in [1.807, 2.05) is 72.8 Å². The van der Waals surface area contributed by atoms with E-state index < -0.39 is 0 Å². The van der Waals surface area contributed by atoms with E-state index in [-0.39, 0.29) is 0 Å². The summed E-state index contributed by atoms with van der Waals surface area (Å²) in [4.78, 5) is 8.26. The summed E-state index contributed by atoms with van der Waals surface area (Å²) in [5, 5.41) is 11.0. The minimum Gasteiger partial charge on any atom is -0.488 e. The molecule has 1 N–H and O–H groups in total. The molecule has 29 heavy (non-hydrogen) atoms. The van der Waals surface area contributed by atoms with Gasteiger partial charge in [0, 0.05) is 16.1 Å². The first-order valence-corrected chi connectivity index (χ1v) is 10.1. The number of H-pyrrole nitrogens is 1. The van der Waals surface area contributed by atoms with Crippen molar-refractivity contribution in [2.24, 2.45) is 0 Å². The van der Waals surface area contributed by atoms with Crippen LogP contribution in [0.15, 0.2) is 82.9 Å². The minimum absolute atomic E-state index is 0.350. The van der Waals surface area contributed by atoms with Crippen LogP contribution in [0.1, 0.15) is 11.1 Å². The Morgan fingerprint density at radius 2 is 1.83 bits per heavy atom. The van der Waals surface area contributed by atoms with Crippen molar-refractivity contribution in [2.45, 2.75) is 11.8 Å². The highest BCUT2D eigenvalue weighted by Crippen LogP contribution is 2.30. The van der Waals surface area contributed by atoms with Crippen LogP contribution in [-0.4, -0.2) is 9.97 Å². The molecule has 6 heteroatoms. The first kappa shape index (κ1) is 19.1. The van der Waals surface area contributed by atoms with E-state index in [2.05, 4.69) is 16.0 Å². The molecule has 4 rings (SSSR count). The second kappa shape index (κ2) is 8.87. The highest BCUT2D eigenvalue weighted by Gasteiger charge is 2.09. The Kier molecular flexibility index (Phi) is 5.85. The number of thioether (sulfide) groups is 1. The number of ether oxygens (including phenoxy) is 1. The van der Waals surface area contributed by atoms with Crippen LogP contribution in [0.25, 0.3) is 17.1 Å². The summed E-state index contributed by atoms with van der Waals surface area (Å²) < 4.78 is 5.98. The van der Waals surface area contributed by atoms with Crippen LogP contribution < -0.4 is 4.74 Å². The van der Waals surface area contributed by atoms with E-state index in [0.29, 0.717) is 27.4 Å². The summed E-state index contributed by atoms with van der Waals surface area (Å²) in [6.07, 6.45) is 1.81. The maximum absolute atomic E-state index is 9.62. The number of nitrogens with zero attached hydrogens (tertiary/aromatic N) is 2. The summed E-state index contributed by atoms with van der Waals surface area (Å²) in [6.45, 7) is 0.350. The Balaban J connectivity index is 1.56. The lowest BCUT2D eigenvalue weighted by molar-refractivity contribution is 0.305. The van der Waals surface area contributed by atoms with Gasteiger partial charge >= 0.3 is 0 Å². The van der Waals surface area contributed by atoms with Crippen LogP contribution in [0.2, 0.25) is 5.02 Å². The zero-order valence-electron chi connectivity index (χ0n) is 15.3. The topological polar surface area (TPSA) is 61.7 Å². The average Bonchev–Trinajstić information content (AvgIpc) is 3.16. The maximum atomic E-state index is 9.62. The van der Waals surface area contributed by atoms with Gasteiger partial charge in [-0.15, -0.1) is 0 Å². The quantitative estimate of drug-likeness (QED) is 0.289. The molecule has 0 radical (unpaired) electrons. The molecule has 4 aromatic rings. The fraction of sp³-hybridized carbons (Fsp3) is 0.0435. The summed E-state index contributed by atoms with van der Waals surface area (Å²) in [5.41, 5.74) is 3.54. The van der Waals surface area contributed by atoms with Crippen molar-refractivity contribution < 1.29 is 4.74 Å². The smallest absolute Gasteiger partial charge is 0.171 e. The predicted octanol–water partition coefficient (Wildman–Crippen LogP) is 6.45. The van der Waals surface area contributed by atoms with E-state index in [1.54, 1.807) is 6.08 Å². The van der Waals surface area contributed by atoms with E-state index in [1.165, 1.54) is 11.8 Å². The van der Waals surface area contributed by atoms with Gasteiger partial charge in [0.15, 0.2) is 5.16 Å². The molecule has 0 atom stereocenters. The molecule has 3 aromatic carbocycles. The SMILES string of the molecule is N#C/C(=C/c1ccccc1OCc1ccccc1Cl)Sc1nc2ccccc2[nH]1. The number of fused-ring (bicyclic) bond motifs is 1. The molecule has 0 spiro atoms. The number of nitriles is 1. The van der Waals surface area contributed by atoms with Crippen molar-refractivity contribution in [2.75, 3.05) is 0 Å². The van der Waals surface area contributed by atoms with Crippen LogP contribution in [-0.2, 0) is 6.61 Å². The summed E-state index contributed by atoms with van der Waals surface area (Å²) in [6, 6.07) is 25.2. The second-order valence-electron chi connectivity index (χ2n) is 6.20. The zero-order valence-corrected chi connectivity index (χ0v) is 16.9.